The minimum atomic E-state index is -0.226. The first kappa shape index (κ1) is 17.5. The highest BCUT2D eigenvalue weighted by Crippen LogP contribution is 2.37. The van der Waals surface area contributed by atoms with Crippen molar-refractivity contribution in [2.45, 2.75) is 46.5 Å². The number of nitrogens with zero attached hydrogens (tertiary/aromatic N) is 1. The molecular formula is C20H22N2O2S. The van der Waals surface area contributed by atoms with Crippen LogP contribution in [0.15, 0.2) is 12.1 Å². The summed E-state index contributed by atoms with van der Waals surface area (Å²) < 4.78 is 5.77. The second-order valence-corrected chi connectivity index (χ2v) is 7.62. The third-order valence-electron chi connectivity index (χ3n) is 4.76. The summed E-state index contributed by atoms with van der Waals surface area (Å²) in [6.45, 7) is 5.94. The minimum Gasteiger partial charge on any atom is -0.483 e. The van der Waals surface area contributed by atoms with Crippen LogP contribution in [0.1, 0.15) is 45.5 Å². The van der Waals surface area contributed by atoms with Gasteiger partial charge < -0.3 is 10.1 Å². The van der Waals surface area contributed by atoms with Crippen molar-refractivity contribution in [3.05, 3.63) is 44.8 Å². The predicted octanol–water partition coefficient (Wildman–Crippen LogP) is 4.44. The van der Waals surface area contributed by atoms with E-state index in [9.17, 15) is 10.1 Å². The molecule has 0 aliphatic heterocycles. The monoisotopic (exact) mass is 354 g/mol. The van der Waals surface area contributed by atoms with E-state index >= 15 is 0 Å². The van der Waals surface area contributed by atoms with Crippen LogP contribution < -0.4 is 10.1 Å². The zero-order valence-electron chi connectivity index (χ0n) is 14.9. The van der Waals surface area contributed by atoms with Gasteiger partial charge in [-0.1, -0.05) is 12.1 Å². The molecule has 1 aromatic heterocycles. The summed E-state index contributed by atoms with van der Waals surface area (Å²) in [7, 11) is 0. The quantitative estimate of drug-likeness (QED) is 0.883. The number of fused-ring (bicyclic) bond motifs is 1. The number of hydrogen-bond acceptors (Lipinski definition) is 4. The van der Waals surface area contributed by atoms with E-state index in [-0.39, 0.29) is 12.5 Å². The first-order valence-corrected chi connectivity index (χ1v) is 9.37. The maximum absolute atomic E-state index is 12.3. The van der Waals surface area contributed by atoms with Gasteiger partial charge in [0.1, 0.15) is 16.8 Å². The predicted molar refractivity (Wildman–Crippen MR) is 100 cm³/mol. The molecule has 5 heteroatoms. The minimum absolute atomic E-state index is 0.0570. The van der Waals surface area contributed by atoms with Crippen LogP contribution in [0.2, 0.25) is 0 Å². The van der Waals surface area contributed by atoms with Gasteiger partial charge in [-0.25, -0.2) is 0 Å². The number of carbonyl (C=O) groups excluding carboxylic acids is 1. The first-order valence-electron chi connectivity index (χ1n) is 8.55. The number of benzene rings is 1. The van der Waals surface area contributed by atoms with Gasteiger partial charge in [-0.05, 0) is 68.7 Å². The maximum Gasteiger partial charge on any atom is 0.262 e. The van der Waals surface area contributed by atoms with Crippen LogP contribution in [-0.2, 0) is 17.6 Å². The number of ether oxygens (including phenoxy) is 1. The van der Waals surface area contributed by atoms with E-state index in [4.69, 9.17) is 4.74 Å². The van der Waals surface area contributed by atoms with Crippen molar-refractivity contribution in [3.63, 3.8) is 0 Å². The van der Waals surface area contributed by atoms with Crippen molar-refractivity contribution in [1.29, 1.82) is 5.26 Å². The lowest BCUT2D eigenvalue weighted by molar-refractivity contribution is -0.118. The Balaban J connectivity index is 1.71. The zero-order valence-corrected chi connectivity index (χ0v) is 15.7. The van der Waals surface area contributed by atoms with E-state index in [2.05, 4.69) is 11.4 Å². The molecule has 4 nitrogen and oxygen atoms in total. The third kappa shape index (κ3) is 3.54. The molecule has 1 heterocycles. The van der Waals surface area contributed by atoms with Crippen molar-refractivity contribution >= 4 is 22.2 Å². The van der Waals surface area contributed by atoms with Gasteiger partial charge in [0.15, 0.2) is 6.61 Å². The summed E-state index contributed by atoms with van der Waals surface area (Å²) in [6.07, 6.45) is 4.20. The molecule has 0 fully saturated rings. The van der Waals surface area contributed by atoms with Crippen LogP contribution in [0, 0.1) is 32.1 Å². The highest BCUT2D eigenvalue weighted by Gasteiger charge is 2.22. The molecule has 0 radical (unpaired) electrons. The number of carbonyl (C=O) groups is 1. The van der Waals surface area contributed by atoms with Crippen LogP contribution >= 0.6 is 11.3 Å². The molecule has 0 bridgehead atoms. The highest BCUT2D eigenvalue weighted by atomic mass is 32.1. The maximum atomic E-state index is 12.3. The summed E-state index contributed by atoms with van der Waals surface area (Å²) in [5.41, 5.74) is 4.97. The molecule has 2 aromatic rings. The fourth-order valence-electron chi connectivity index (χ4n) is 3.22. The molecule has 1 aliphatic carbocycles. The fraction of sp³-hybridized carbons (Fsp3) is 0.400. The van der Waals surface area contributed by atoms with E-state index < -0.39 is 0 Å². The van der Waals surface area contributed by atoms with Crippen molar-refractivity contribution in [1.82, 2.24) is 0 Å². The molecule has 1 aromatic carbocycles. The third-order valence-corrected chi connectivity index (χ3v) is 5.96. The normalized spacial score (nSPS) is 13.0. The first-order chi connectivity index (χ1) is 12.0. The Kier molecular flexibility index (Phi) is 5.10. The molecule has 0 unspecified atom stereocenters. The second-order valence-electron chi connectivity index (χ2n) is 6.52. The summed E-state index contributed by atoms with van der Waals surface area (Å²) in [5, 5.41) is 13.0. The smallest absolute Gasteiger partial charge is 0.262 e. The second kappa shape index (κ2) is 7.28. The van der Waals surface area contributed by atoms with Gasteiger partial charge in [0, 0.05) is 4.88 Å². The SMILES string of the molecule is Cc1ccc(C)c(OCC(=O)Nc2sc3c(c2C#N)CCCC3)c1C. The summed E-state index contributed by atoms with van der Waals surface area (Å²) in [4.78, 5) is 13.6. The summed E-state index contributed by atoms with van der Waals surface area (Å²) >= 11 is 1.54. The average molecular weight is 354 g/mol. The Bertz CT molecular complexity index is 862. The van der Waals surface area contributed by atoms with Crippen LogP contribution in [-0.4, -0.2) is 12.5 Å². The summed E-state index contributed by atoms with van der Waals surface area (Å²) in [5.74, 6) is 0.538. The number of anilines is 1. The van der Waals surface area contributed by atoms with E-state index in [1.807, 2.05) is 32.9 Å². The van der Waals surface area contributed by atoms with Crippen LogP contribution in [0.3, 0.4) is 0 Å². The van der Waals surface area contributed by atoms with Crippen molar-refractivity contribution in [2.75, 3.05) is 11.9 Å². The molecule has 1 aliphatic rings. The average Bonchev–Trinajstić information content (AvgIpc) is 2.95. The van der Waals surface area contributed by atoms with Gasteiger partial charge >= 0.3 is 0 Å². The molecule has 0 atom stereocenters. The molecule has 25 heavy (non-hydrogen) atoms. The molecule has 3 rings (SSSR count). The number of thiophene rings is 1. The van der Waals surface area contributed by atoms with Gasteiger partial charge in [-0.2, -0.15) is 5.26 Å². The van der Waals surface area contributed by atoms with Crippen LogP contribution in [0.4, 0.5) is 5.00 Å². The van der Waals surface area contributed by atoms with E-state index in [0.29, 0.717) is 10.6 Å². The topological polar surface area (TPSA) is 62.1 Å². The Hall–Kier alpha value is -2.32. The molecular weight excluding hydrogens is 332 g/mol. The summed E-state index contributed by atoms with van der Waals surface area (Å²) in [6, 6.07) is 6.31. The molecule has 0 spiro atoms. The highest BCUT2D eigenvalue weighted by molar-refractivity contribution is 7.16. The van der Waals surface area contributed by atoms with Crippen LogP contribution in [0.25, 0.3) is 0 Å². The van der Waals surface area contributed by atoms with Crippen molar-refractivity contribution in [3.8, 4) is 11.8 Å². The Morgan fingerprint density at radius 1 is 1.24 bits per heavy atom. The number of nitriles is 1. The number of aryl methyl sites for hydroxylation is 3. The number of rotatable bonds is 4. The number of hydrogen-bond donors (Lipinski definition) is 1. The lowest BCUT2D eigenvalue weighted by atomic mass is 9.96. The largest absolute Gasteiger partial charge is 0.483 e. The molecule has 130 valence electrons. The molecule has 1 N–H and O–H groups in total. The zero-order chi connectivity index (χ0) is 18.0. The number of nitrogens with one attached hydrogen (secondary N) is 1. The van der Waals surface area contributed by atoms with E-state index in [0.717, 1.165) is 53.7 Å². The number of amides is 1. The molecule has 0 saturated carbocycles. The lowest BCUT2D eigenvalue weighted by Crippen LogP contribution is -2.20. The Morgan fingerprint density at radius 3 is 2.72 bits per heavy atom. The standard InChI is InChI=1S/C20H22N2O2S/c1-12-8-9-13(2)19(14(12)3)24-11-18(23)22-20-16(10-21)15-6-4-5-7-17(15)25-20/h8-9H,4-7,11H2,1-3H3,(H,22,23). The van der Waals surface area contributed by atoms with Gasteiger partial charge in [0.25, 0.3) is 5.91 Å². The van der Waals surface area contributed by atoms with Crippen LogP contribution in [0.5, 0.6) is 5.75 Å². The van der Waals surface area contributed by atoms with Crippen molar-refractivity contribution < 1.29 is 9.53 Å². The van der Waals surface area contributed by atoms with Gasteiger partial charge in [-0.15, -0.1) is 11.3 Å². The Morgan fingerprint density at radius 2 is 1.96 bits per heavy atom. The van der Waals surface area contributed by atoms with Gasteiger partial charge in [0.2, 0.25) is 0 Å². The van der Waals surface area contributed by atoms with E-state index in [1.165, 1.54) is 16.2 Å². The van der Waals surface area contributed by atoms with E-state index in [1.54, 1.807) is 0 Å². The molecule has 0 saturated heterocycles. The fourth-order valence-corrected chi connectivity index (χ4v) is 4.48. The van der Waals surface area contributed by atoms with Gasteiger partial charge in [0.05, 0.1) is 5.56 Å². The molecule has 1 amide bonds. The Labute approximate surface area is 152 Å². The lowest BCUT2D eigenvalue weighted by Gasteiger charge is -2.13. The van der Waals surface area contributed by atoms with Gasteiger partial charge in [-0.3, -0.25) is 4.79 Å². The van der Waals surface area contributed by atoms with Crippen molar-refractivity contribution in [2.24, 2.45) is 0 Å².